The predicted molar refractivity (Wildman–Crippen MR) is 70.4 cm³/mol. The number of carbonyl (C=O) groups is 1. The van der Waals surface area contributed by atoms with Gasteiger partial charge in [-0.15, -0.1) is 0 Å². The highest BCUT2D eigenvalue weighted by atomic mass is 79.9. The number of nitrogens with one attached hydrogen (secondary N) is 1. The summed E-state index contributed by atoms with van der Waals surface area (Å²) in [5.74, 6) is 0.0613. The Bertz CT molecular complexity index is 381. The topological polar surface area (TPSA) is 58.4 Å². The second-order valence-electron chi connectivity index (χ2n) is 3.50. The van der Waals surface area contributed by atoms with Crippen LogP contribution in [0.4, 0.5) is 11.4 Å². The lowest BCUT2D eigenvalue weighted by molar-refractivity contribution is -0.127. The van der Waals surface area contributed by atoms with Gasteiger partial charge in [0, 0.05) is 29.4 Å². The number of likely N-dealkylation sites (N-methyl/N-ethyl adjacent to an activating group) is 1. The van der Waals surface area contributed by atoms with E-state index in [4.69, 9.17) is 5.73 Å². The van der Waals surface area contributed by atoms with Crippen molar-refractivity contribution in [1.29, 1.82) is 0 Å². The number of nitrogen functional groups attached to an aromatic ring is 1. The molecule has 88 valence electrons. The minimum Gasteiger partial charge on any atom is -0.399 e. The van der Waals surface area contributed by atoms with Crippen molar-refractivity contribution < 1.29 is 4.79 Å². The minimum absolute atomic E-state index is 0.0613. The number of nitrogens with two attached hydrogens (primary N) is 1. The van der Waals surface area contributed by atoms with Crippen molar-refractivity contribution >= 4 is 33.2 Å². The zero-order valence-corrected chi connectivity index (χ0v) is 11.0. The van der Waals surface area contributed by atoms with Crippen molar-refractivity contribution in [1.82, 2.24) is 4.90 Å². The van der Waals surface area contributed by atoms with Crippen LogP contribution >= 0.6 is 15.9 Å². The first-order valence-electron chi connectivity index (χ1n) is 5.07. The van der Waals surface area contributed by atoms with E-state index >= 15 is 0 Å². The fourth-order valence-electron chi connectivity index (χ4n) is 1.16. The molecule has 0 fully saturated rings. The number of hydrogen-bond acceptors (Lipinski definition) is 3. The van der Waals surface area contributed by atoms with Gasteiger partial charge in [-0.05, 0) is 41.1 Å². The van der Waals surface area contributed by atoms with E-state index in [0.717, 1.165) is 10.2 Å². The third-order valence-corrected chi connectivity index (χ3v) is 2.98. The summed E-state index contributed by atoms with van der Waals surface area (Å²) in [6.45, 7) is 2.94. The number of anilines is 2. The smallest absolute Gasteiger partial charge is 0.241 e. The summed E-state index contributed by atoms with van der Waals surface area (Å²) >= 11 is 3.38. The van der Waals surface area contributed by atoms with Crippen LogP contribution in [-0.2, 0) is 4.79 Å². The van der Waals surface area contributed by atoms with Crippen LogP contribution in [0.2, 0.25) is 0 Å². The van der Waals surface area contributed by atoms with Crippen LogP contribution < -0.4 is 11.1 Å². The lowest BCUT2D eigenvalue weighted by Crippen LogP contribution is -2.31. The van der Waals surface area contributed by atoms with Gasteiger partial charge in [-0.1, -0.05) is 0 Å². The zero-order chi connectivity index (χ0) is 12.1. The van der Waals surface area contributed by atoms with Crippen LogP contribution in [0.3, 0.4) is 0 Å². The third-order valence-electron chi connectivity index (χ3n) is 2.32. The first-order chi connectivity index (χ1) is 7.54. The van der Waals surface area contributed by atoms with Crippen LogP contribution in [-0.4, -0.2) is 30.9 Å². The number of hydrogen-bond donors (Lipinski definition) is 2. The molecule has 0 saturated carbocycles. The van der Waals surface area contributed by atoms with Gasteiger partial charge in [0.15, 0.2) is 0 Å². The molecular weight excluding hydrogens is 270 g/mol. The Kier molecular flexibility index (Phi) is 4.61. The molecule has 0 atom stereocenters. The van der Waals surface area contributed by atoms with Gasteiger partial charge in [-0.25, -0.2) is 0 Å². The summed E-state index contributed by atoms with van der Waals surface area (Å²) in [5, 5.41) is 3.06. The fraction of sp³-hybridized carbons (Fsp3) is 0.364. The maximum atomic E-state index is 11.5. The van der Waals surface area contributed by atoms with Crippen molar-refractivity contribution in [3.05, 3.63) is 22.7 Å². The summed E-state index contributed by atoms with van der Waals surface area (Å²) in [6.07, 6.45) is 0. The van der Waals surface area contributed by atoms with Gasteiger partial charge in [-0.2, -0.15) is 0 Å². The maximum Gasteiger partial charge on any atom is 0.241 e. The van der Waals surface area contributed by atoms with Crippen molar-refractivity contribution in [2.75, 3.05) is 31.2 Å². The average Bonchev–Trinajstić information content (AvgIpc) is 2.26. The molecule has 0 heterocycles. The molecule has 5 heteroatoms. The Morgan fingerprint density at radius 1 is 1.56 bits per heavy atom. The summed E-state index contributed by atoms with van der Waals surface area (Å²) < 4.78 is 0.861. The number of halogens is 1. The molecule has 0 bridgehead atoms. The van der Waals surface area contributed by atoms with Crippen LogP contribution in [0, 0.1) is 0 Å². The van der Waals surface area contributed by atoms with E-state index in [1.54, 1.807) is 24.1 Å². The molecule has 0 aliphatic rings. The van der Waals surface area contributed by atoms with Crippen LogP contribution in [0.15, 0.2) is 22.7 Å². The standard InChI is InChI=1S/C11H16BrN3O/c1-3-15(2)11(16)7-14-10-5-4-8(13)6-9(10)12/h4-6,14H,3,7,13H2,1-2H3. The summed E-state index contributed by atoms with van der Waals surface area (Å²) in [7, 11) is 1.78. The molecule has 0 aliphatic heterocycles. The van der Waals surface area contributed by atoms with E-state index in [1.807, 2.05) is 13.0 Å². The van der Waals surface area contributed by atoms with E-state index in [2.05, 4.69) is 21.2 Å². The SMILES string of the molecule is CCN(C)C(=O)CNc1ccc(N)cc1Br. The lowest BCUT2D eigenvalue weighted by atomic mass is 10.3. The Morgan fingerprint density at radius 3 is 2.81 bits per heavy atom. The first-order valence-corrected chi connectivity index (χ1v) is 5.86. The van der Waals surface area contributed by atoms with Crippen molar-refractivity contribution in [3.63, 3.8) is 0 Å². The van der Waals surface area contributed by atoms with Gasteiger partial charge in [0.2, 0.25) is 5.91 Å². The Morgan fingerprint density at radius 2 is 2.25 bits per heavy atom. The molecule has 0 aromatic heterocycles. The molecule has 1 aromatic rings. The summed E-state index contributed by atoms with van der Waals surface area (Å²) in [5.41, 5.74) is 7.18. The second kappa shape index (κ2) is 5.75. The molecule has 3 N–H and O–H groups in total. The van der Waals surface area contributed by atoms with Crippen molar-refractivity contribution in [2.24, 2.45) is 0 Å². The van der Waals surface area contributed by atoms with Crippen LogP contribution in [0.1, 0.15) is 6.92 Å². The number of nitrogens with zero attached hydrogens (tertiary/aromatic N) is 1. The molecule has 0 spiro atoms. The van der Waals surface area contributed by atoms with E-state index < -0.39 is 0 Å². The van der Waals surface area contributed by atoms with E-state index in [1.165, 1.54) is 0 Å². The molecule has 0 unspecified atom stereocenters. The van der Waals surface area contributed by atoms with Crippen molar-refractivity contribution in [3.8, 4) is 0 Å². The summed E-state index contributed by atoms with van der Waals surface area (Å²) in [6, 6.07) is 5.44. The number of rotatable bonds is 4. The Labute approximate surface area is 104 Å². The lowest BCUT2D eigenvalue weighted by Gasteiger charge is -2.15. The largest absolute Gasteiger partial charge is 0.399 e. The fourth-order valence-corrected chi connectivity index (χ4v) is 1.69. The molecule has 1 rings (SSSR count). The average molecular weight is 286 g/mol. The highest BCUT2D eigenvalue weighted by Crippen LogP contribution is 2.24. The Balaban J connectivity index is 2.58. The number of amides is 1. The molecular formula is C11H16BrN3O. The number of carbonyl (C=O) groups excluding carboxylic acids is 1. The quantitative estimate of drug-likeness (QED) is 0.831. The normalized spacial score (nSPS) is 9.94. The molecule has 0 aliphatic carbocycles. The molecule has 4 nitrogen and oxygen atoms in total. The third kappa shape index (κ3) is 3.41. The van der Waals surface area contributed by atoms with E-state index in [9.17, 15) is 4.79 Å². The van der Waals surface area contributed by atoms with Crippen LogP contribution in [0.25, 0.3) is 0 Å². The first kappa shape index (κ1) is 12.8. The van der Waals surface area contributed by atoms with Gasteiger partial charge in [-0.3, -0.25) is 4.79 Å². The molecule has 0 saturated heterocycles. The minimum atomic E-state index is 0.0613. The van der Waals surface area contributed by atoms with Crippen molar-refractivity contribution in [2.45, 2.75) is 6.92 Å². The maximum absolute atomic E-state index is 11.5. The van der Waals surface area contributed by atoms with Crippen LogP contribution in [0.5, 0.6) is 0 Å². The molecule has 0 radical (unpaired) electrons. The van der Waals surface area contributed by atoms with E-state index in [-0.39, 0.29) is 12.5 Å². The van der Waals surface area contributed by atoms with Gasteiger partial charge in [0.05, 0.1) is 6.54 Å². The van der Waals surface area contributed by atoms with Gasteiger partial charge < -0.3 is 16.0 Å². The molecule has 16 heavy (non-hydrogen) atoms. The monoisotopic (exact) mass is 285 g/mol. The molecule has 1 amide bonds. The van der Waals surface area contributed by atoms with Gasteiger partial charge in [0.25, 0.3) is 0 Å². The Hall–Kier alpha value is -1.23. The highest BCUT2D eigenvalue weighted by Gasteiger charge is 2.07. The number of benzene rings is 1. The van der Waals surface area contributed by atoms with E-state index in [0.29, 0.717) is 12.2 Å². The predicted octanol–water partition coefficient (Wildman–Crippen LogP) is 1.92. The molecule has 1 aromatic carbocycles. The van der Waals surface area contributed by atoms with Gasteiger partial charge in [0.1, 0.15) is 0 Å². The van der Waals surface area contributed by atoms with Gasteiger partial charge >= 0.3 is 0 Å². The zero-order valence-electron chi connectivity index (χ0n) is 9.46. The highest BCUT2D eigenvalue weighted by molar-refractivity contribution is 9.10. The summed E-state index contributed by atoms with van der Waals surface area (Å²) in [4.78, 5) is 13.2. The second-order valence-corrected chi connectivity index (χ2v) is 4.36.